The molecule has 1 heterocycles. The van der Waals surface area contributed by atoms with Crippen molar-refractivity contribution in [1.82, 2.24) is 0 Å². The fraction of sp³-hybridized carbons (Fsp3) is 0.625. The molecule has 1 nitrogen and oxygen atoms in total. The summed E-state index contributed by atoms with van der Waals surface area (Å²) >= 11 is 0. The molecular weight excluding hydrogens is 208 g/mol. The number of ether oxygens (including phenoxy) is 1. The van der Waals surface area contributed by atoms with Gasteiger partial charge in [0.15, 0.2) is 0 Å². The molecule has 0 radical (unpaired) electrons. The van der Waals surface area contributed by atoms with Gasteiger partial charge in [0.2, 0.25) is 0 Å². The molecular formula is C16H24O. The highest BCUT2D eigenvalue weighted by Gasteiger charge is 2.56. The minimum atomic E-state index is 0.0800. The lowest BCUT2D eigenvalue weighted by Gasteiger charge is -2.50. The monoisotopic (exact) mass is 232 g/mol. The number of hydrogen-bond acceptors (Lipinski definition) is 1. The van der Waals surface area contributed by atoms with Gasteiger partial charge >= 0.3 is 0 Å². The maximum Gasteiger partial charge on any atom is 0.123 e. The van der Waals surface area contributed by atoms with E-state index in [1.807, 2.05) is 0 Å². The highest BCUT2D eigenvalue weighted by atomic mass is 16.5. The van der Waals surface area contributed by atoms with Gasteiger partial charge in [0, 0.05) is 11.0 Å². The maximum absolute atomic E-state index is 5.97. The molecule has 0 spiro atoms. The molecule has 0 amide bonds. The van der Waals surface area contributed by atoms with Gasteiger partial charge in [0.05, 0.1) is 6.61 Å². The molecule has 94 valence electrons. The number of para-hydroxylation sites is 1. The van der Waals surface area contributed by atoms with Gasteiger partial charge in [-0.15, -0.1) is 0 Å². The van der Waals surface area contributed by atoms with Crippen LogP contribution in [0.25, 0.3) is 0 Å². The zero-order valence-corrected chi connectivity index (χ0v) is 11.9. The van der Waals surface area contributed by atoms with E-state index in [4.69, 9.17) is 4.74 Å². The smallest absolute Gasteiger partial charge is 0.123 e. The van der Waals surface area contributed by atoms with Gasteiger partial charge in [-0.2, -0.15) is 0 Å². The normalized spacial score (nSPS) is 18.7. The molecule has 1 heteroatoms. The summed E-state index contributed by atoms with van der Waals surface area (Å²) in [6.45, 7) is 14.7. The second-order valence-corrected chi connectivity index (χ2v) is 7.19. The van der Waals surface area contributed by atoms with Gasteiger partial charge in [0.25, 0.3) is 0 Å². The van der Waals surface area contributed by atoms with Crippen LogP contribution in [-0.2, 0) is 5.41 Å². The zero-order valence-electron chi connectivity index (χ0n) is 11.9. The first-order valence-electron chi connectivity index (χ1n) is 6.42. The van der Waals surface area contributed by atoms with Crippen LogP contribution in [0.1, 0.15) is 47.1 Å². The molecule has 17 heavy (non-hydrogen) atoms. The van der Waals surface area contributed by atoms with Crippen LogP contribution in [0.3, 0.4) is 0 Å². The molecule has 1 aliphatic heterocycles. The minimum Gasteiger partial charge on any atom is -0.492 e. The molecule has 0 unspecified atom stereocenters. The van der Waals surface area contributed by atoms with E-state index < -0.39 is 0 Å². The Labute approximate surface area is 105 Å². The summed E-state index contributed by atoms with van der Waals surface area (Å²) in [6.07, 6.45) is 0. The van der Waals surface area contributed by atoms with Crippen LogP contribution in [0.15, 0.2) is 24.3 Å². The van der Waals surface area contributed by atoms with Crippen LogP contribution in [-0.4, -0.2) is 6.61 Å². The molecule has 0 bridgehead atoms. The Bertz CT molecular complexity index is 404. The summed E-state index contributed by atoms with van der Waals surface area (Å²) < 4.78 is 5.97. The first-order valence-corrected chi connectivity index (χ1v) is 6.42. The predicted octanol–water partition coefficient (Wildman–Crippen LogP) is 4.41. The van der Waals surface area contributed by atoms with Crippen molar-refractivity contribution < 1.29 is 4.74 Å². The summed E-state index contributed by atoms with van der Waals surface area (Å²) in [5.74, 6) is 1.07. The lowest BCUT2D eigenvalue weighted by atomic mass is 9.52. The number of fused-ring (bicyclic) bond motifs is 1. The SMILES string of the molecule is CC(C)(C)C1(C(C)(C)C)COc2ccccc21. The molecule has 1 aromatic rings. The van der Waals surface area contributed by atoms with Crippen molar-refractivity contribution in [2.45, 2.75) is 47.0 Å². The zero-order chi connectivity index (χ0) is 12.9. The molecule has 0 aromatic heterocycles. The molecule has 0 saturated carbocycles. The quantitative estimate of drug-likeness (QED) is 0.644. The van der Waals surface area contributed by atoms with E-state index in [9.17, 15) is 0 Å². The van der Waals surface area contributed by atoms with Crippen LogP contribution in [0.2, 0.25) is 0 Å². The number of rotatable bonds is 0. The van der Waals surface area contributed by atoms with Crippen molar-refractivity contribution in [3.8, 4) is 5.75 Å². The standard InChI is InChI=1S/C16H24O/c1-14(2,3)16(15(4,5)6)11-17-13-10-8-7-9-12(13)16/h7-10H,11H2,1-6H3. The van der Waals surface area contributed by atoms with Crippen LogP contribution < -0.4 is 4.74 Å². The molecule has 1 aliphatic rings. The van der Waals surface area contributed by atoms with Gasteiger partial charge in [-0.1, -0.05) is 59.7 Å². The minimum absolute atomic E-state index is 0.0800. The van der Waals surface area contributed by atoms with Crippen molar-refractivity contribution in [2.24, 2.45) is 10.8 Å². The molecule has 0 fully saturated rings. The van der Waals surface area contributed by atoms with E-state index in [1.165, 1.54) is 5.56 Å². The van der Waals surface area contributed by atoms with Crippen LogP contribution in [0, 0.1) is 10.8 Å². The third-order valence-corrected chi connectivity index (χ3v) is 4.35. The van der Waals surface area contributed by atoms with Gasteiger partial charge < -0.3 is 4.74 Å². The fourth-order valence-electron chi connectivity index (χ4n) is 3.57. The van der Waals surface area contributed by atoms with Crippen molar-refractivity contribution in [2.75, 3.05) is 6.61 Å². The highest BCUT2D eigenvalue weighted by Crippen LogP contribution is 2.58. The Hall–Kier alpha value is -0.980. The van der Waals surface area contributed by atoms with Crippen molar-refractivity contribution in [3.05, 3.63) is 29.8 Å². The van der Waals surface area contributed by atoms with E-state index in [0.717, 1.165) is 12.4 Å². The number of benzene rings is 1. The summed E-state index contributed by atoms with van der Waals surface area (Å²) in [5.41, 5.74) is 1.81. The third kappa shape index (κ3) is 1.59. The molecule has 0 N–H and O–H groups in total. The van der Waals surface area contributed by atoms with Gasteiger partial charge in [-0.25, -0.2) is 0 Å². The Morgan fingerprint density at radius 3 is 2.00 bits per heavy atom. The molecule has 0 saturated heterocycles. The second kappa shape index (κ2) is 3.51. The van der Waals surface area contributed by atoms with Crippen molar-refractivity contribution >= 4 is 0 Å². The Kier molecular flexibility index (Phi) is 2.57. The topological polar surface area (TPSA) is 9.23 Å². The summed E-state index contributed by atoms with van der Waals surface area (Å²) in [5, 5.41) is 0. The van der Waals surface area contributed by atoms with Crippen LogP contribution >= 0.6 is 0 Å². The largest absolute Gasteiger partial charge is 0.492 e. The average Bonchev–Trinajstić information content (AvgIpc) is 2.55. The summed E-state index contributed by atoms with van der Waals surface area (Å²) in [6, 6.07) is 8.51. The van der Waals surface area contributed by atoms with Gasteiger partial charge in [-0.05, 0) is 16.9 Å². The lowest BCUT2D eigenvalue weighted by Crippen LogP contribution is -2.51. The molecule has 0 atom stereocenters. The van der Waals surface area contributed by atoms with E-state index >= 15 is 0 Å². The molecule has 0 aliphatic carbocycles. The van der Waals surface area contributed by atoms with E-state index in [2.05, 4.69) is 65.8 Å². The van der Waals surface area contributed by atoms with Crippen molar-refractivity contribution in [1.29, 1.82) is 0 Å². The number of hydrogen-bond donors (Lipinski definition) is 0. The molecule has 1 aromatic carbocycles. The summed E-state index contributed by atoms with van der Waals surface area (Å²) in [4.78, 5) is 0. The van der Waals surface area contributed by atoms with Crippen molar-refractivity contribution in [3.63, 3.8) is 0 Å². The Morgan fingerprint density at radius 1 is 0.941 bits per heavy atom. The summed E-state index contributed by atoms with van der Waals surface area (Å²) in [7, 11) is 0. The van der Waals surface area contributed by atoms with E-state index in [1.54, 1.807) is 0 Å². The Balaban J connectivity index is 2.68. The Morgan fingerprint density at radius 2 is 1.47 bits per heavy atom. The van der Waals surface area contributed by atoms with Gasteiger partial charge in [0.1, 0.15) is 5.75 Å². The molecule has 2 rings (SSSR count). The van der Waals surface area contributed by atoms with Gasteiger partial charge in [-0.3, -0.25) is 0 Å². The van der Waals surface area contributed by atoms with Crippen LogP contribution in [0.5, 0.6) is 5.75 Å². The van der Waals surface area contributed by atoms with E-state index in [0.29, 0.717) is 0 Å². The second-order valence-electron chi connectivity index (χ2n) is 7.19. The third-order valence-electron chi connectivity index (χ3n) is 4.35. The van der Waals surface area contributed by atoms with Crippen LogP contribution in [0.4, 0.5) is 0 Å². The predicted molar refractivity (Wildman–Crippen MR) is 72.5 cm³/mol. The average molecular weight is 232 g/mol. The first kappa shape index (κ1) is 12.5. The fourth-order valence-corrected chi connectivity index (χ4v) is 3.57. The highest BCUT2D eigenvalue weighted by molar-refractivity contribution is 5.46. The first-order chi connectivity index (χ1) is 7.70. The van der Waals surface area contributed by atoms with E-state index in [-0.39, 0.29) is 16.2 Å². The lowest BCUT2D eigenvalue weighted by molar-refractivity contribution is 0.0311. The maximum atomic E-state index is 5.97.